The van der Waals surface area contributed by atoms with Crippen molar-refractivity contribution < 1.29 is 4.74 Å². The molecule has 1 aliphatic rings. The Morgan fingerprint density at radius 1 is 1.33 bits per heavy atom. The normalized spacial score (nSPS) is 24.6. The van der Waals surface area contributed by atoms with Crippen molar-refractivity contribution in [2.45, 2.75) is 31.8 Å². The first-order valence-corrected chi connectivity index (χ1v) is 6.83. The molecule has 1 heterocycles. The number of nitrogens with two attached hydrogens (primary N) is 1. The lowest BCUT2D eigenvalue weighted by molar-refractivity contribution is 0.139. The second-order valence-corrected chi connectivity index (χ2v) is 5.02. The summed E-state index contributed by atoms with van der Waals surface area (Å²) in [5.74, 6) is 0. The second kappa shape index (κ2) is 6.32. The third-order valence-corrected chi connectivity index (χ3v) is 3.86. The van der Waals surface area contributed by atoms with Crippen LogP contribution in [0.2, 0.25) is 0 Å². The molecule has 2 N–H and O–H groups in total. The Hall–Kier alpha value is -0.900. The molecule has 0 aliphatic carbocycles. The second-order valence-electron chi connectivity index (χ2n) is 5.02. The molecule has 0 aromatic heterocycles. The van der Waals surface area contributed by atoms with Crippen molar-refractivity contribution >= 4 is 0 Å². The highest BCUT2D eigenvalue weighted by Gasteiger charge is 2.32. The maximum atomic E-state index is 6.26. The van der Waals surface area contributed by atoms with Crippen molar-refractivity contribution in [3.8, 4) is 0 Å². The molecule has 0 saturated carbocycles. The number of aryl methyl sites for hydroxylation is 1. The minimum atomic E-state index is 0.245. The third kappa shape index (κ3) is 2.91. The molecule has 2 rings (SSSR count). The van der Waals surface area contributed by atoms with E-state index in [2.05, 4.69) is 36.1 Å². The molecule has 3 nitrogen and oxygen atoms in total. The van der Waals surface area contributed by atoms with E-state index in [1.807, 2.05) is 0 Å². The Morgan fingerprint density at radius 3 is 2.67 bits per heavy atom. The van der Waals surface area contributed by atoms with Gasteiger partial charge in [0.2, 0.25) is 0 Å². The third-order valence-electron chi connectivity index (χ3n) is 3.86. The van der Waals surface area contributed by atoms with Crippen LogP contribution in [0.25, 0.3) is 0 Å². The van der Waals surface area contributed by atoms with Crippen LogP contribution < -0.4 is 5.73 Å². The van der Waals surface area contributed by atoms with E-state index in [1.165, 1.54) is 11.1 Å². The van der Waals surface area contributed by atoms with E-state index in [0.717, 1.165) is 32.5 Å². The minimum Gasteiger partial charge on any atom is -0.383 e. The van der Waals surface area contributed by atoms with Crippen LogP contribution in [-0.4, -0.2) is 37.7 Å². The summed E-state index contributed by atoms with van der Waals surface area (Å²) < 4.78 is 5.18. The standard InChI is InChI=1S/C15H24N2O/c1-3-12-4-6-13(7-5-12)15-14(16)8-9-17(15)10-11-18-2/h4-7,14-15H,3,8-11,16H2,1-2H3. The van der Waals surface area contributed by atoms with Crippen LogP contribution in [0.15, 0.2) is 24.3 Å². The van der Waals surface area contributed by atoms with Crippen LogP contribution in [0.3, 0.4) is 0 Å². The zero-order valence-electron chi connectivity index (χ0n) is 11.4. The molecule has 0 radical (unpaired) electrons. The summed E-state index contributed by atoms with van der Waals surface area (Å²) in [6.45, 7) is 4.99. The number of likely N-dealkylation sites (tertiary alicyclic amines) is 1. The quantitative estimate of drug-likeness (QED) is 0.866. The average molecular weight is 248 g/mol. The fraction of sp³-hybridized carbons (Fsp3) is 0.600. The summed E-state index contributed by atoms with van der Waals surface area (Å²) in [6.07, 6.45) is 2.16. The van der Waals surface area contributed by atoms with E-state index in [0.29, 0.717) is 6.04 Å². The molecule has 1 fully saturated rings. The topological polar surface area (TPSA) is 38.5 Å². The number of hydrogen-bond donors (Lipinski definition) is 1. The molecule has 100 valence electrons. The Kier molecular flexibility index (Phi) is 4.75. The molecular weight excluding hydrogens is 224 g/mol. The molecule has 18 heavy (non-hydrogen) atoms. The number of methoxy groups -OCH3 is 1. The van der Waals surface area contributed by atoms with E-state index in [1.54, 1.807) is 7.11 Å². The van der Waals surface area contributed by atoms with Gasteiger partial charge in [0.05, 0.1) is 12.6 Å². The largest absolute Gasteiger partial charge is 0.383 e. The van der Waals surface area contributed by atoms with Gasteiger partial charge in [0.15, 0.2) is 0 Å². The summed E-state index contributed by atoms with van der Waals surface area (Å²) in [6, 6.07) is 9.49. The van der Waals surface area contributed by atoms with E-state index < -0.39 is 0 Å². The molecular formula is C15H24N2O. The zero-order valence-corrected chi connectivity index (χ0v) is 11.4. The van der Waals surface area contributed by atoms with Gasteiger partial charge in [0.25, 0.3) is 0 Å². The number of nitrogens with zero attached hydrogens (tertiary/aromatic N) is 1. The van der Waals surface area contributed by atoms with Gasteiger partial charge in [-0.1, -0.05) is 31.2 Å². The smallest absolute Gasteiger partial charge is 0.0589 e. The minimum absolute atomic E-state index is 0.245. The molecule has 2 atom stereocenters. The van der Waals surface area contributed by atoms with Crippen molar-refractivity contribution in [2.75, 3.05) is 26.8 Å². The highest BCUT2D eigenvalue weighted by Crippen LogP contribution is 2.30. The maximum absolute atomic E-state index is 6.26. The van der Waals surface area contributed by atoms with Gasteiger partial charge in [-0.2, -0.15) is 0 Å². The highest BCUT2D eigenvalue weighted by atomic mass is 16.5. The van der Waals surface area contributed by atoms with Gasteiger partial charge >= 0.3 is 0 Å². The van der Waals surface area contributed by atoms with Gasteiger partial charge in [-0.15, -0.1) is 0 Å². The van der Waals surface area contributed by atoms with Crippen LogP contribution in [0, 0.1) is 0 Å². The van der Waals surface area contributed by atoms with E-state index in [-0.39, 0.29) is 6.04 Å². The first-order valence-electron chi connectivity index (χ1n) is 6.83. The molecule has 3 heteroatoms. The van der Waals surface area contributed by atoms with Gasteiger partial charge < -0.3 is 10.5 Å². The van der Waals surface area contributed by atoms with Gasteiger partial charge in [0.1, 0.15) is 0 Å². The van der Waals surface area contributed by atoms with E-state index >= 15 is 0 Å². The summed E-state index contributed by atoms with van der Waals surface area (Å²) in [4.78, 5) is 2.44. The van der Waals surface area contributed by atoms with Crippen molar-refractivity contribution in [3.63, 3.8) is 0 Å². The Labute approximate surface area is 110 Å². The van der Waals surface area contributed by atoms with Crippen LogP contribution in [0.5, 0.6) is 0 Å². The lowest BCUT2D eigenvalue weighted by Crippen LogP contribution is -2.33. The zero-order chi connectivity index (χ0) is 13.0. The fourth-order valence-corrected chi connectivity index (χ4v) is 2.75. The van der Waals surface area contributed by atoms with Gasteiger partial charge in [-0.3, -0.25) is 4.90 Å². The van der Waals surface area contributed by atoms with Crippen molar-refractivity contribution in [1.82, 2.24) is 4.90 Å². The molecule has 0 bridgehead atoms. The predicted molar refractivity (Wildman–Crippen MR) is 74.6 cm³/mol. The molecule has 1 aliphatic heterocycles. The van der Waals surface area contributed by atoms with Crippen LogP contribution in [-0.2, 0) is 11.2 Å². The van der Waals surface area contributed by atoms with Gasteiger partial charge in [0, 0.05) is 26.2 Å². The first kappa shape index (κ1) is 13.5. The summed E-state index contributed by atoms with van der Waals surface area (Å²) >= 11 is 0. The Morgan fingerprint density at radius 2 is 2.06 bits per heavy atom. The molecule has 2 unspecified atom stereocenters. The Bertz CT molecular complexity index is 363. The number of ether oxygens (including phenoxy) is 1. The fourth-order valence-electron chi connectivity index (χ4n) is 2.75. The van der Waals surface area contributed by atoms with Crippen molar-refractivity contribution in [2.24, 2.45) is 5.73 Å². The number of hydrogen-bond acceptors (Lipinski definition) is 3. The molecule has 1 saturated heterocycles. The molecule has 0 amide bonds. The predicted octanol–water partition coefficient (Wildman–Crippen LogP) is 1.97. The van der Waals surface area contributed by atoms with Crippen LogP contribution in [0.4, 0.5) is 0 Å². The number of rotatable bonds is 5. The summed E-state index contributed by atoms with van der Waals surface area (Å²) in [5.41, 5.74) is 8.99. The summed E-state index contributed by atoms with van der Waals surface area (Å²) in [7, 11) is 1.75. The van der Waals surface area contributed by atoms with Gasteiger partial charge in [-0.05, 0) is 24.0 Å². The SMILES string of the molecule is CCc1ccc(C2C(N)CCN2CCOC)cc1. The number of benzene rings is 1. The van der Waals surface area contributed by atoms with Crippen LogP contribution in [0.1, 0.15) is 30.5 Å². The monoisotopic (exact) mass is 248 g/mol. The molecule has 0 spiro atoms. The summed E-state index contributed by atoms with van der Waals surface area (Å²) in [5, 5.41) is 0. The van der Waals surface area contributed by atoms with E-state index in [9.17, 15) is 0 Å². The Balaban J connectivity index is 2.11. The molecule has 1 aromatic rings. The van der Waals surface area contributed by atoms with E-state index in [4.69, 9.17) is 10.5 Å². The molecule has 1 aromatic carbocycles. The van der Waals surface area contributed by atoms with Crippen molar-refractivity contribution in [1.29, 1.82) is 0 Å². The highest BCUT2D eigenvalue weighted by molar-refractivity contribution is 5.27. The lowest BCUT2D eigenvalue weighted by atomic mass is 9.99. The van der Waals surface area contributed by atoms with Gasteiger partial charge in [-0.25, -0.2) is 0 Å². The average Bonchev–Trinajstić information content (AvgIpc) is 2.77. The first-order chi connectivity index (χ1) is 8.76. The maximum Gasteiger partial charge on any atom is 0.0589 e. The van der Waals surface area contributed by atoms with Crippen molar-refractivity contribution in [3.05, 3.63) is 35.4 Å². The van der Waals surface area contributed by atoms with Crippen LogP contribution >= 0.6 is 0 Å². The lowest BCUT2D eigenvalue weighted by Gasteiger charge is -2.27.